The number of likely N-dealkylation sites (tertiary alicyclic amines) is 1. The van der Waals surface area contributed by atoms with Gasteiger partial charge in [-0.25, -0.2) is 14.4 Å². The van der Waals surface area contributed by atoms with Crippen molar-refractivity contribution in [2.24, 2.45) is 17.5 Å². The average Bonchev–Trinajstić information content (AvgIpc) is 4.07. The van der Waals surface area contributed by atoms with E-state index in [1.807, 2.05) is 32.4 Å². The van der Waals surface area contributed by atoms with Crippen molar-refractivity contribution >= 4 is 53.2 Å². The van der Waals surface area contributed by atoms with Crippen molar-refractivity contribution in [2.75, 3.05) is 31.3 Å². The predicted molar refractivity (Wildman–Crippen MR) is 253 cm³/mol. The normalized spacial score (nSPS) is 18.2. The molecule has 2 aliphatic rings. The van der Waals surface area contributed by atoms with Gasteiger partial charge in [-0.2, -0.15) is 18.4 Å². The first-order chi connectivity index (χ1) is 32.5. The Labute approximate surface area is 402 Å². The van der Waals surface area contributed by atoms with Gasteiger partial charge in [0.05, 0.1) is 60.0 Å². The third kappa shape index (κ3) is 11.2. The van der Waals surface area contributed by atoms with E-state index in [-0.39, 0.29) is 30.8 Å². The molecule has 2 aromatic heterocycles. The molecule has 0 radical (unpaired) electrons. The van der Waals surface area contributed by atoms with Crippen molar-refractivity contribution in [3.63, 3.8) is 0 Å². The maximum atomic E-state index is 15.4. The van der Waals surface area contributed by atoms with Gasteiger partial charge in [-0.1, -0.05) is 20.8 Å². The number of imidazole rings is 2. The molecular weight excluding hydrogens is 921 g/mol. The fourth-order valence-corrected chi connectivity index (χ4v) is 8.73. The Kier molecular flexibility index (Phi) is 15.6. The fraction of sp³-hybridized carbons (Fsp3) is 0.417. The summed E-state index contributed by atoms with van der Waals surface area (Å²) in [4.78, 5) is 60.5. The van der Waals surface area contributed by atoms with E-state index in [1.165, 1.54) is 24.8 Å². The molecule has 16 nitrogen and oxygen atoms in total. The van der Waals surface area contributed by atoms with Crippen LogP contribution in [0.3, 0.4) is 0 Å². The summed E-state index contributed by atoms with van der Waals surface area (Å²) in [5.74, 6) is -2.24. The minimum Gasteiger partial charge on any atom is -0.494 e. The number of H-pyrrole nitrogens is 1. The van der Waals surface area contributed by atoms with Crippen LogP contribution in [0.25, 0.3) is 17.1 Å². The Morgan fingerprint density at radius 3 is 2.46 bits per heavy atom. The summed E-state index contributed by atoms with van der Waals surface area (Å²) in [5.41, 5.74) is -2.58. The number of thiocarbonyl (C=S) groups is 1. The number of benzene rings is 2. The number of anilines is 1. The van der Waals surface area contributed by atoms with Crippen molar-refractivity contribution in [3.8, 4) is 23.2 Å². The molecule has 2 fully saturated rings. The van der Waals surface area contributed by atoms with Crippen LogP contribution in [0.1, 0.15) is 89.4 Å². The number of allylic oxidation sites excluding steroid dienone is 3. The van der Waals surface area contributed by atoms with Gasteiger partial charge in [0, 0.05) is 44.1 Å². The smallest absolute Gasteiger partial charge is 0.420 e. The molecule has 366 valence electrons. The molecule has 0 unspecified atom stereocenters. The number of ether oxygens (including phenoxy) is 2. The molecule has 69 heavy (non-hydrogen) atoms. The lowest BCUT2D eigenvalue weighted by atomic mass is 9.85. The van der Waals surface area contributed by atoms with E-state index in [0.29, 0.717) is 65.0 Å². The number of hydrogen-bond donors (Lipinski definition) is 3. The van der Waals surface area contributed by atoms with Crippen LogP contribution in [0.15, 0.2) is 78.0 Å². The number of β-amino-alcohol motifs (C(OH)–C–C–N with tert-alkyl or cyclic N) is 1. The van der Waals surface area contributed by atoms with Crippen molar-refractivity contribution in [3.05, 3.63) is 101 Å². The molecular formula is C48H54F4N10O6S. The van der Waals surface area contributed by atoms with Gasteiger partial charge < -0.3 is 39.2 Å². The van der Waals surface area contributed by atoms with E-state index >= 15 is 4.39 Å². The van der Waals surface area contributed by atoms with Gasteiger partial charge in [0.25, 0.3) is 5.91 Å². The number of carbonyl (C=O) groups excluding carboxylic acids is 3. The van der Waals surface area contributed by atoms with E-state index in [1.54, 1.807) is 67.0 Å². The number of aromatic nitrogens is 4. The van der Waals surface area contributed by atoms with Gasteiger partial charge in [0.1, 0.15) is 41.0 Å². The Hall–Kier alpha value is -6.76. The second-order valence-electron chi connectivity index (χ2n) is 18.2. The fourth-order valence-electron chi connectivity index (χ4n) is 8.18. The number of aryl methyl sites for hydroxylation is 1. The molecule has 0 bridgehead atoms. The lowest BCUT2D eigenvalue weighted by molar-refractivity contribution is -0.141. The first-order valence-electron chi connectivity index (χ1n) is 21.9. The van der Waals surface area contributed by atoms with Crippen LogP contribution in [0.5, 0.6) is 5.75 Å². The Bertz CT molecular complexity index is 2700. The highest BCUT2D eigenvalue weighted by Crippen LogP contribution is 2.42. The number of rotatable bonds is 17. The van der Waals surface area contributed by atoms with Crippen LogP contribution >= 0.6 is 12.2 Å². The number of halogens is 4. The topological polar surface area (TPSA) is 194 Å². The summed E-state index contributed by atoms with van der Waals surface area (Å²) in [6, 6.07) is 8.67. The molecule has 0 spiro atoms. The molecule has 2 saturated heterocycles. The largest absolute Gasteiger partial charge is 0.494 e. The van der Waals surface area contributed by atoms with E-state index in [9.17, 15) is 37.9 Å². The quantitative estimate of drug-likeness (QED) is 0.0318. The van der Waals surface area contributed by atoms with Crippen molar-refractivity contribution in [2.45, 2.75) is 90.7 Å². The minimum absolute atomic E-state index is 0.0940. The Morgan fingerprint density at radius 2 is 1.84 bits per heavy atom. The van der Waals surface area contributed by atoms with Crippen LogP contribution in [0.4, 0.5) is 23.2 Å². The lowest BCUT2D eigenvalue weighted by Crippen LogP contribution is -2.55. The molecule has 3 amide bonds. The van der Waals surface area contributed by atoms with Gasteiger partial charge in [0.2, 0.25) is 11.8 Å². The summed E-state index contributed by atoms with van der Waals surface area (Å²) < 4.78 is 70.1. The highest BCUT2D eigenvalue weighted by Gasteiger charge is 2.52. The first-order valence-corrected chi connectivity index (χ1v) is 22.3. The third-order valence-electron chi connectivity index (χ3n) is 11.7. The van der Waals surface area contributed by atoms with Crippen molar-refractivity contribution in [1.29, 1.82) is 5.26 Å². The number of aliphatic imine (C=N–C) groups is 1. The zero-order valence-corrected chi connectivity index (χ0v) is 40.0. The summed E-state index contributed by atoms with van der Waals surface area (Å²) in [6.45, 7) is 14.3. The van der Waals surface area contributed by atoms with Gasteiger partial charge in [-0.05, 0) is 107 Å². The first kappa shape index (κ1) is 51.6. The van der Waals surface area contributed by atoms with Crippen LogP contribution in [-0.4, -0.2) is 108 Å². The number of aliphatic hydroxyl groups excluding tert-OH is 1. The number of aliphatic hydroxyl groups is 1. The molecule has 2 aliphatic heterocycles. The van der Waals surface area contributed by atoms with Gasteiger partial charge >= 0.3 is 6.18 Å². The molecule has 0 aliphatic carbocycles. The van der Waals surface area contributed by atoms with Crippen LogP contribution < -0.4 is 15.0 Å². The second kappa shape index (κ2) is 20.9. The van der Waals surface area contributed by atoms with Crippen molar-refractivity contribution < 1.29 is 46.5 Å². The molecule has 3 atom stereocenters. The standard InChI is InChI=1S/C48H54F4N10O6S/c1-28(62-45(69)61(44(66)47(62,5)6)35-18-14-30(22-53)39(40(35)49)48(50,51)52)11-17-33(54-7)29-12-15-32(16-13-29)68-20-10-9-19-67-26-38(64)58-41(46(2,3)4)43(65)60-25-31(63)21-36(60)42-56-23-34(57-42)37-24-55-27-59(37)8/h11-18,23-24,27,31,36,41,63H,7,9-10,19-21,25-26H2,1-6,8H3,(H,56,57)(H,58,64)/b28-11+,33-17-/t31-,36+,41-/m1/s1. The molecule has 21 heteroatoms. The zero-order valence-electron chi connectivity index (χ0n) is 39.2. The summed E-state index contributed by atoms with van der Waals surface area (Å²) >= 11 is 5.53. The molecule has 4 heterocycles. The number of nitriles is 1. The maximum absolute atomic E-state index is 15.4. The molecule has 3 N–H and O–H groups in total. The number of alkyl halides is 3. The SMILES string of the molecule is C=N/C(=C\C=C(/C)N1C(=S)N(c2ccc(C#N)c(C(F)(F)F)c2F)C(=O)C1(C)C)c1ccc(OCCCCOCC(=O)N[C@H](C(=O)N2C[C@H](O)C[C@H]2c2nc(-c3cncn3C)c[nH]2)C(C)(C)C)cc1. The van der Waals surface area contributed by atoms with Crippen LogP contribution in [0, 0.1) is 22.6 Å². The minimum atomic E-state index is -5.20. The molecule has 2 aromatic carbocycles. The van der Waals surface area contributed by atoms with Crippen molar-refractivity contribution in [1.82, 2.24) is 34.6 Å². The molecule has 6 rings (SSSR count). The monoisotopic (exact) mass is 974 g/mol. The van der Waals surface area contributed by atoms with Gasteiger partial charge in [-0.3, -0.25) is 24.3 Å². The zero-order chi connectivity index (χ0) is 50.6. The van der Waals surface area contributed by atoms with Gasteiger partial charge in [0.15, 0.2) is 10.9 Å². The summed E-state index contributed by atoms with van der Waals surface area (Å²) in [6.07, 6.45) is 3.83. The Balaban J connectivity index is 0.976. The number of nitrogens with zero attached hydrogens (tertiary/aromatic N) is 8. The lowest BCUT2D eigenvalue weighted by Gasteiger charge is -2.35. The summed E-state index contributed by atoms with van der Waals surface area (Å²) in [5, 5.41) is 22.4. The average molecular weight is 975 g/mol. The van der Waals surface area contributed by atoms with E-state index in [4.69, 9.17) is 26.7 Å². The highest BCUT2D eigenvalue weighted by molar-refractivity contribution is 7.80. The number of unbranched alkanes of at least 4 members (excludes halogenated alkanes) is 1. The number of carbonyl (C=O) groups is 3. The number of hydrogen-bond acceptors (Lipinski definition) is 11. The number of amides is 3. The van der Waals surface area contributed by atoms with E-state index in [0.717, 1.165) is 17.8 Å². The second-order valence-corrected chi connectivity index (χ2v) is 18.6. The maximum Gasteiger partial charge on any atom is 0.420 e. The summed E-state index contributed by atoms with van der Waals surface area (Å²) in [7, 11) is 1.85. The highest BCUT2D eigenvalue weighted by atomic mass is 32.1. The number of nitrogens with one attached hydrogen (secondary N) is 2. The van der Waals surface area contributed by atoms with Gasteiger partial charge in [-0.15, -0.1) is 0 Å². The number of aromatic amines is 1. The third-order valence-corrected chi connectivity index (χ3v) is 12.1. The van der Waals surface area contributed by atoms with E-state index < -0.39 is 69.8 Å². The Morgan fingerprint density at radius 1 is 1.14 bits per heavy atom. The predicted octanol–water partition coefficient (Wildman–Crippen LogP) is 7.24. The molecule has 4 aromatic rings. The molecule has 0 saturated carbocycles. The van der Waals surface area contributed by atoms with E-state index in [2.05, 4.69) is 27.0 Å². The van der Waals surface area contributed by atoms with Crippen LogP contribution in [-0.2, 0) is 32.3 Å². The van der Waals surface area contributed by atoms with Crippen LogP contribution in [0.2, 0.25) is 0 Å².